The monoisotopic (exact) mass is 774 g/mol. The van der Waals surface area contributed by atoms with E-state index in [1.54, 1.807) is 13.3 Å². The summed E-state index contributed by atoms with van der Waals surface area (Å²) in [5.41, 5.74) is -0.188. The number of nitrogens with one attached hydrogen (secondary N) is 3. The van der Waals surface area contributed by atoms with Gasteiger partial charge < -0.3 is 40.2 Å². The molecule has 294 valence electrons. The van der Waals surface area contributed by atoms with Gasteiger partial charge >= 0.3 is 12.1 Å². The Morgan fingerprint density at radius 2 is 1.87 bits per heavy atom. The second kappa shape index (κ2) is 16.4. The molecule has 1 aromatic carbocycles. The van der Waals surface area contributed by atoms with Crippen LogP contribution in [-0.2, 0) is 19.1 Å². The smallest absolute Gasteiger partial charge is 0.408 e. The van der Waals surface area contributed by atoms with E-state index in [4.69, 9.17) is 19.2 Å². The highest BCUT2D eigenvalue weighted by Gasteiger charge is 2.61. The molecular formula is C40H50N6O8S. The van der Waals surface area contributed by atoms with Crippen LogP contribution in [0.4, 0.5) is 9.93 Å². The third kappa shape index (κ3) is 8.66. The number of hydrogen-bond donors (Lipinski definition) is 4. The summed E-state index contributed by atoms with van der Waals surface area (Å²) in [7, 11) is 1.59. The van der Waals surface area contributed by atoms with Crippen molar-refractivity contribution in [1.29, 1.82) is 0 Å². The lowest BCUT2D eigenvalue weighted by atomic mass is 10.0. The molecule has 4 aliphatic rings. The molecule has 14 nitrogen and oxygen atoms in total. The van der Waals surface area contributed by atoms with Gasteiger partial charge in [-0.15, -0.1) is 0 Å². The van der Waals surface area contributed by atoms with Crippen LogP contribution in [0.1, 0.15) is 84.5 Å². The largest absolute Gasteiger partial charge is 0.497 e. The minimum absolute atomic E-state index is 0.0362. The van der Waals surface area contributed by atoms with Gasteiger partial charge in [-0.2, -0.15) is 0 Å². The average Bonchev–Trinajstić information content (AvgIpc) is 3.58. The van der Waals surface area contributed by atoms with E-state index in [1.807, 2.05) is 50.3 Å². The number of carbonyl (C=O) groups excluding carboxylic acids is 3. The van der Waals surface area contributed by atoms with Crippen LogP contribution in [-0.4, -0.2) is 93.4 Å². The summed E-state index contributed by atoms with van der Waals surface area (Å²) in [4.78, 5) is 66.1. The second-order valence-electron chi connectivity index (χ2n) is 15.4. The Morgan fingerprint density at radius 1 is 1.07 bits per heavy atom. The highest BCUT2D eigenvalue weighted by atomic mass is 32.1. The Bertz CT molecular complexity index is 1940. The molecule has 2 aromatic heterocycles. The number of allylic oxidation sites excluding steroid dienone is 1. The predicted octanol–water partition coefficient (Wildman–Crippen LogP) is 6.05. The van der Waals surface area contributed by atoms with E-state index < -0.39 is 47.6 Å². The summed E-state index contributed by atoms with van der Waals surface area (Å²) in [6.45, 7) is 4.11. The number of benzene rings is 1. The van der Waals surface area contributed by atoms with Crippen LogP contribution >= 0.6 is 11.3 Å². The number of anilines is 1. The molecule has 4 N–H and O–H groups in total. The maximum absolute atomic E-state index is 14.5. The van der Waals surface area contributed by atoms with Crippen molar-refractivity contribution in [2.24, 2.45) is 5.92 Å². The Kier molecular flexibility index (Phi) is 11.5. The van der Waals surface area contributed by atoms with Crippen LogP contribution in [0.15, 0.2) is 42.6 Å². The molecule has 15 heteroatoms. The molecule has 5 atom stereocenters. The fourth-order valence-corrected chi connectivity index (χ4v) is 8.82. The number of carbonyl (C=O) groups is 4. The van der Waals surface area contributed by atoms with Crippen LogP contribution in [0.5, 0.6) is 11.5 Å². The van der Waals surface area contributed by atoms with Gasteiger partial charge in [-0.25, -0.2) is 19.6 Å². The molecular weight excluding hydrogens is 725 g/mol. The zero-order valence-corrected chi connectivity index (χ0v) is 32.4. The second-order valence-corrected chi connectivity index (χ2v) is 16.4. The maximum atomic E-state index is 14.5. The molecule has 2 aliphatic carbocycles. The predicted molar refractivity (Wildman–Crippen MR) is 207 cm³/mol. The number of carboxylic acid groups (broad SMARTS) is 1. The molecule has 3 amide bonds. The summed E-state index contributed by atoms with van der Waals surface area (Å²) in [6, 6.07) is 5.55. The lowest BCUT2D eigenvalue weighted by molar-refractivity contribution is -0.145. The number of nitrogens with zero attached hydrogens (tertiary/aromatic N) is 3. The number of fused-ring (bicyclic) bond motifs is 3. The van der Waals surface area contributed by atoms with Crippen molar-refractivity contribution in [1.82, 2.24) is 25.5 Å². The summed E-state index contributed by atoms with van der Waals surface area (Å²) in [5, 5.41) is 20.7. The van der Waals surface area contributed by atoms with E-state index in [1.165, 1.54) is 16.2 Å². The fourth-order valence-electron chi connectivity index (χ4n) is 7.89. The van der Waals surface area contributed by atoms with Crippen LogP contribution in [0.3, 0.4) is 0 Å². The first-order chi connectivity index (χ1) is 26.5. The number of hydrogen-bond acceptors (Lipinski definition) is 11. The van der Waals surface area contributed by atoms with Crippen molar-refractivity contribution in [2.45, 2.75) is 120 Å². The normalized spacial score (nSPS) is 26.7. The van der Waals surface area contributed by atoms with Crippen molar-refractivity contribution < 1.29 is 38.5 Å². The molecule has 7 rings (SSSR count). The van der Waals surface area contributed by atoms with Gasteiger partial charge in [0.2, 0.25) is 11.8 Å². The number of thiazole rings is 1. The minimum Gasteiger partial charge on any atom is -0.497 e. The number of alkyl carbamates (subject to hydrolysis) is 1. The van der Waals surface area contributed by atoms with Gasteiger partial charge in [0.05, 0.1) is 29.7 Å². The number of ether oxygens (including phenoxy) is 3. The van der Waals surface area contributed by atoms with Gasteiger partial charge in [0.25, 0.3) is 0 Å². The number of aromatic nitrogens is 2. The lowest BCUT2D eigenvalue weighted by Crippen LogP contribution is -2.56. The summed E-state index contributed by atoms with van der Waals surface area (Å²) >= 11 is 1.46. The number of amides is 3. The number of carboxylic acids is 1. The molecule has 0 unspecified atom stereocenters. The Morgan fingerprint density at radius 3 is 2.64 bits per heavy atom. The van der Waals surface area contributed by atoms with E-state index in [9.17, 15) is 24.3 Å². The van der Waals surface area contributed by atoms with Crippen LogP contribution in [0.25, 0.3) is 21.5 Å². The first-order valence-electron chi connectivity index (χ1n) is 19.4. The molecule has 55 heavy (non-hydrogen) atoms. The summed E-state index contributed by atoms with van der Waals surface area (Å²) in [6.07, 6.45) is 11.5. The molecule has 0 radical (unpaired) electrons. The van der Waals surface area contributed by atoms with Gasteiger partial charge in [0.15, 0.2) is 5.13 Å². The van der Waals surface area contributed by atoms with Crippen LogP contribution < -0.4 is 25.4 Å². The van der Waals surface area contributed by atoms with E-state index in [0.29, 0.717) is 40.9 Å². The van der Waals surface area contributed by atoms with Crippen molar-refractivity contribution in [2.75, 3.05) is 19.0 Å². The third-order valence-electron chi connectivity index (χ3n) is 10.9. The first kappa shape index (κ1) is 38.4. The van der Waals surface area contributed by atoms with Crippen molar-refractivity contribution in [3.05, 3.63) is 42.6 Å². The van der Waals surface area contributed by atoms with Crippen LogP contribution in [0, 0.1) is 5.92 Å². The maximum Gasteiger partial charge on any atom is 0.408 e. The fraction of sp³-hybridized carbons (Fsp3) is 0.550. The molecule has 3 fully saturated rings. The number of aliphatic carboxylic acids is 1. The van der Waals surface area contributed by atoms with E-state index in [2.05, 4.69) is 20.9 Å². The molecule has 0 bridgehead atoms. The highest BCUT2D eigenvalue weighted by molar-refractivity contribution is 7.18. The topological polar surface area (TPSA) is 181 Å². The van der Waals surface area contributed by atoms with Crippen molar-refractivity contribution >= 4 is 51.2 Å². The molecule has 0 spiro atoms. The Labute approximate surface area is 324 Å². The Balaban J connectivity index is 1.20. The number of methoxy groups -OCH3 is 1. The first-order valence-corrected chi connectivity index (χ1v) is 20.2. The van der Waals surface area contributed by atoms with Gasteiger partial charge in [-0.3, -0.25) is 9.59 Å². The highest BCUT2D eigenvalue weighted by Crippen LogP contribution is 2.45. The lowest BCUT2D eigenvalue weighted by Gasteiger charge is -2.29. The van der Waals surface area contributed by atoms with Gasteiger partial charge in [0.1, 0.15) is 41.3 Å². The quantitative estimate of drug-likeness (QED) is 0.186. The standard InChI is InChI=1S/C40H50N6O8S/c1-23(2)42-38-41-21-34(55-38)31-19-33(28-16-15-26(52-3)17-30(28)43-31)53-27-18-32-35(47)45-40(37(49)50)20-24(40)11-7-5-4-6-8-14-29(36(48)46(32)22-27)44-39(51)54-25-12-9-10-13-25/h7,11,15-17,19,21,23-25,27,29,32H,4-6,8-10,12-14,18,20,22H2,1-3H3,(H,41,42)(H,44,51)(H,45,47)(H,49,50)/b11-7-/t24-,27-,29+,32+,40-/m1/s1. The van der Waals surface area contributed by atoms with E-state index in [0.717, 1.165) is 55.0 Å². The van der Waals surface area contributed by atoms with Crippen molar-refractivity contribution in [3.8, 4) is 22.1 Å². The summed E-state index contributed by atoms with van der Waals surface area (Å²) in [5.74, 6) is -1.34. The molecule has 4 heterocycles. The molecule has 2 saturated carbocycles. The van der Waals surface area contributed by atoms with Gasteiger partial charge in [0, 0.05) is 42.1 Å². The SMILES string of the molecule is COc1ccc2c(O[C@@H]3C[C@H]4C(=O)N[C@]5(C(=O)O)C[C@H]5/C=C\CCCCC[C@H](NC(=O)OC5CCCC5)C(=O)N4C3)cc(-c3cnc(NC(C)C)s3)nc2c1. The zero-order valence-electron chi connectivity index (χ0n) is 31.5. The molecule has 2 aliphatic heterocycles. The van der Waals surface area contributed by atoms with Crippen molar-refractivity contribution in [3.63, 3.8) is 0 Å². The zero-order chi connectivity index (χ0) is 38.7. The minimum atomic E-state index is -1.45. The average molecular weight is 775 g/mol. The molecule has 1 saturated heterocycles. The summed E-state index contributed by atoms with van der Waals surface area (Å²) < 4.78 is 17.9. The van der Waals surface area contributed by atoms with E-state index >= 15 is 0 Å². The Hall–Kier alpha value is -4.92. The van der Waals surface area contributed by atoms with E-state index in [-0.39, 0.29) is 37.5 Å². The van der Waals surface area contributed by atoms with Gasteiger partial charge in [-0.05, 0) is 77.3 Å². The van der Waals surface area contributed by atoms with Gasteiger partial charge in [-0.1, -0.05) is 36.3 Å². The number of pyridine rings is 1. The third-order valence-corrected chi connectivity index (χ3v) is 11.9. The number of rotatable bonds is 9. The van der Waals surface area contributed by atoms with Crippen LogP contribution in [0.2, 0.25) is 0 Å². The molecule has 3 aromatic rings.